The highest BCUT2D eigenvalue weighted by Gasteiger charge is 2.33. The van der Waals surface area contributed by atoms with Crippen molar-refractivity contribution < 1.29 is 12.8 Å². The summed E-state index contributed by atoms with van der Waals surface area (Å²) in [6.07, 6.45) is 2.59. The Hall–Kier alpha value is -0.210. The summed E-state index contributed by atoms with van der Waals surface area (Å²) in [7, 11) is -3.64. The van der Waals surface area contributed by atoms with E-state index in [4.69, 9.17) is 5.73 Å². The number of sulfonamides is 1. The van der Waals surface area contributed by atoms with Crippen LogP contribution in [0.25, 0.3) is 0 Å². The third kappa shape index (κ3) is 3.76. The molecular formula is C13H19BrClFN2O2S. The molecule has 1 aliphatic heterocycles. The SMILES string of the molecule is Cc1cc(F)c(Br)cc1S(=O)(=O)N1CCCCC1CN.Cl. The number of nitrogens with two attached hydrogens (primary N) is 1. The van der Waals surface area contributed by atoms with Gasteiger partial charge in [-0.1, -0.05) is 6.42 Å². The number of benzene rings is 1. The summed E-state index contributed by atoms with van der Waals surface area (Å²) in [5.41, 5.74) is 6.09. The van der Waals surface area contributed by atoms with Crippen LogP contribution in [0.3, 0.4) is 0 Å². The Bertz CT molecular complexity index is 612. The van der Waals surface area contributed by atoms with E-state index in [-0.39, 0.29) is 27.8 Å². The molecule has 2 N–H and O–H groups in total. The van der Waals surface area contributed by atoms with Gasteiger partial charge in [-0.15, -0.1) is 12.4 Å². The molecule has 1 aliphatic rings. The lowest BCUT2D eigenvalue weighted by Gasteiger charge is -2.34. The first-order chi connectivity index (χ1) is 9.37. The zero-order chi connectivity index (χ0) is 14.9. The van der Waals surface area contributed by atoms with Crippen LogP contribution >= 0.6 is 28.3 Å². The Morgan fingerprint density at radius 2 is 2.10 bits per heavy atom. The predicted molar refractivity (Wildman–Crippen MR) is 86.7 cm³/mol. The molecule has 1 unspecified atom stereocenters. The van der Waals surface area contributed by atoms with Gasteiger partial charge < -0.3 is 5.73 Å². The highest BCUT2D eigenvalue weighted by molar-refractivity contribution is 9.10. The summed E-state index contributed by atoms with van der Waals surface area (Å²) in [5, 5.41) is 0. The van der Waals surface area contributed by atoms with Crippen molar-refractivity contribution in [3.05, 3.63) is 28.0 Å². The number of aryl methyl sites for hydroxylation is 1. The summed E-state index contributed by atoms with van der Waals surface area (Å²) in [6.45, 7) is 2.38. The van der Waals surface area contributed by atoms with E-state index in [9.17, 15) is 12.8 Å². The summed E-state index contributed by atoms with van der Waals surface area (Å²) >= 11 is 3.05. The third-order valence-corrected chi connectivity index (χ3v) is 6.35. The first-order valence-electron chi connectivity index (χ1n) is 6.55. The van der Waals surface area contributed by atoms with Gasteiger partial charge in [-0.05, 0) is 53.4 Å². The van der Waals surface area contributed by atoms with E-state index >= 15 is 0 Å². The first-order valence-corrected chi connectivity index (χ1v) is 8.78. The van der Waals surface area contributed by atoms with Crippen molar-refractivity contribution in [3.8, 4) is 0 Å². The van der Waals surface area contributed by atoms with Crippen molar-refractivity contribution in [2.24, 2.45) is 5.73 Å². The zero-order valence-corrected chi connectivity index (χ0v) is 14.9. The number of halogens is 3. The highest BCUT2D eigenvalue weighted by atomic mass is 79.9. The van der Waals surface area contributed by atoms with Gasteiger partial charge in [0.2, 0.25) is 10.0 Å². The van der Waals surface area contributed by atoms with Gasteiger partial charge in [0.15, 0.2) is 0 Å². The maximum atomic E-state index is 13.5. The molecule has 8 heteroatoms. The van der Waals surface area contributed by atoms with E-state index in [1.807, 2.05) is 0 Å². The van der Waals surface area contributed by atoms with Crippen LogP contribution in [0.15, 0.2) is 21.5 Å². The summed E-state index contributed by atoms with van der Waals surface area (Å²) in [4.78, 5) is 0.145. The molecule has 120 valence electrons. The average molecular weight is 402 g/mol. The van der Waals surface area contributed by atoms with Gasteiger partial charge in [0.1, 0.15) is 5.82 Å². The Labute approximate surface area is 139 Å². The van der Waals surface area contributed by atoms with Crippen molar-refractivity contribution in [3.63, 3.8) is 0 Å². The average Bonchev–Trinajstić information content (AvgIpc) is 2.42. The van der Waals surface area contributed by atoms with Crippen molar-refractivity contribution in [1.29, 1.82) is 0 Å². The molecule has 2 rings (SSSR count). The van der Waals surface area contributed by atoms with Gasteiger partial charge in [0.25, 0.3) is 0 Å². The van der Waals surface area contributed by atoms with Crippen molar-refractivity contribution in [2.75, 3.05) is 13.1 Å². The van der Waals surface area contributed by atoms with Gasteiger partial charge in [0.05, 0.1) is 9.37 Å². The maximum Gasteiger partial charge on any atom is 0.243 e. The zero-order valence-electron chi connectivity index (χ0n) is 11.7. The fourth-order valence-electron chi connectivity index (χ4n) is 2.56. The molecule has 1 fully saturated rings. The largest absolute Gasteiger partial charge is 0.329 e. The minimum Gasteiger partial charge on any atom is -0.329 e. The maximum absolute atomic E-state index is 13.5. The lowest BCUT2D eigenvalue weighted by atomic mass is 10.1. The molecule has 0 aliphatic carbocycles. The van der Waals surface area contributed by atoms with Gasteiger partial charge >= 0.3 is 0 Å². The van der Waals surface area contributed by atoms with Crippen molar-refractivity contribution >= 4 is 38.4 Å². The number of nitrogens with zero attached hydrogens (tertiary/aromatic N) is 1. The molecule has 1 aromatic carbocycles. The van der Waals surface area contributed by atoms with E-state index < -0.39 is 15.8 Å². The standard InChI is InChI=1S/C13H18BrFN2O2S.ClH/c1-9-6-12(15)11(14)7-13(9)20(18,19)17-5-3-2-4-10(17)8-16;/h6-7,10H,2-5,8,16H2,1H3;1H. The van der Waals surface area contributed by atoms with Gasteiger partial charge in [-0.2, -0.15) is 4.31 Å². The third-order valence-electron chi connectivity index (χ3n) is 3.65. The monoisotopic (exact) mass is 400 g/mol. The number of hydrogen-bond donors (Lipinski definition) is 1. The smallest absolute Gasteiger partial charge is 0.243 e. The van der Waals surface area contributed by atoms with Gasteiger partial charge in [-0.25, -0.2) is 12.8 Å². The number of piperidine rings is 1. The van der Waals surface area contributed by atoms with Crippen molar-refractivity contribution in [2.45, 2.75) is 37.1 Å². The molecule has 1 aromatic rings. The van der Waals surface area contributed by atoms with Crippen LogP contribution < -0.4 is 5.73 Å². The molecule has 1 heterocycles. The second-order valence-corrected chi connectivity index (χ2v) is 7.75. The fraction of sp³-hybridized carbons (Fsp3) is 0.538. The second-order valence-electron chi connectivity index (χ2n) is 5.03. The fourth-order valence-corrected chi connectivity index (χ4v) is 4.99. The van der Waals surface area contributed by atoms with Crippen LogP contribution in [0.2, 0.25) is 0 Å². The minimum absolute atomic E-state index is 0. The van der Waals surface area contributed by atoms with Crippen LogP contribution in [-0.4, -0.2) is 31.9 Å². The van der Waals surface area contributed by atoms with Gasteiger partial charge in [0, 0.05) is 19.1 Å². The molecule has 0 spiro atoms. The van der Waals surface area contributed by atoms with Crippen LogP contribution in [0, 0.1) is 12.7 Å². The molecule has 0 saturated carbocycles. The Morgan fingerprint density at radius 1 is 1.43 bits per heavy atom. The normalized spacial score (nSPS) is 20.1. The molecule has 0 bridgehead atoms. The van der Waals surface area contributed by atoms with Crippen LogP contribution in [0.1, 0.15) is 24.8 Å². The molecule has 0 aromatic heterocycles. The Kier molecular flexibility index (Phi) is 6.61. The molecule has 1 atom stereocenters. The number of hydrogen-bond acceptors (Lipinski definition) is 3. The predicted octanol–water partition coefficient (Wildman–Crippen LogP) is 2.82. The summed E-state index contributed by atoms with van der Waals surface area (Å²) < 4.78 is 40.6. The molecule has 1 saturated heterocycles. The molecule has 21 heavy (non-hydrogen) atoms. The van der Waals surface area contributed by atoms with Crippen LogP contribution in [-0.2, 0) is 10.0 Å². The molecule has 0 amide bonds. The summed E-state index contributed by atoms with van der Waals surface area (Å²) in [6, 6.07) is 2.40. The molecular weight excluding hydrogens is 383 g/mol. The van der Waals surface area contributed by atoms with E-state index in [1.165, 1.54) is 16.4 Å². The Balaban J connectivity index is 0.00000220. The quantitative estimate of drug-likeness (QED) is 0.847. The summed E-state index contributed by atoms with van der Waals surface area (Å²) in [5.74, 6) is -0.463. The van der Waals surface area contributed by atoms with E-state index in [0.29, 0.717) is 18.7 Å². The van der Waals surface area contributed by atoms with Gasteiger partial charge in [-0.3, -0.25) is 0 Å². The minimum atomic E-state index is -3.64. The van der Waals surface area contributed by atoms with Crippen LogP contribution in [0.4, 0.5) is 4.39 Å². The highest BCUT2D eigenvalue weighted by Crippen LogP contribution is 2.29. The lowest BCUT2D eigenvalue weighted by molar-refractivity contribution is 0.257. The van der Waals surface area contributed by atoms with E-state index in [2.05, 4.69) is 15.9 Å². The topological polar surface area (TPSA) is 63.4 Å². The van der Waals surface area contributed by atoms with Crippen molar-refractivity contribution in [1.82, 2.24) is 4.31 Å². The number of rotatable bonds is 3. The Morgan fingerprint density at radius 3 is 2.71 bits per heavy atom. The lowest BCUT2D eigenvalue weighted by Crippen LogP contribution is -2.47. The molecule has 0 radical (unpaired) electrons. The first kappa shape index (κ1) is 18.8. The van der Waals surface area contributed by atoms with Crippen LogP contribution in [0.5, 0.6) is 0 Å². The van der Waals surface area contributed by atoms with E-state index in [0.717, 1.165) is 19.3 Å². The van der Waals surface area contributed by atoms with E-state index in [1.54, 1.807) is 6.92 Å². The second kappa shape index (κ2) is 7.37. The molecule has 4 nitrogen and oxygen atoms in total.